The fourth-order valence-corrected chi connectivity index (χ4v) is 2.53. The summed E-state index contributed by atoms with van der Waals surface area (Å²) in [6.07, 6.45) is -3.59. The Morgan fingerprint density at radius 3 is 2.64 bits per heavy atom. The minimum absolute atomic E-state index is 0.172. The van der Waals surface area contributed by atoms with E-state index in [-0.39, 0.29) is 12.3 Å². The fourth-order valence-electron chi connectivity index (χ4n) is 2.31. The van der Waals surface area contributed by atoms with Crippen LogP contribution >= 0.6 is 11.6 Å². The van der Waals surface area contributed by atoms with Crippen LogP contribution in [0.2, 0.25) is 5.02 Å². The maximum atomic E-state index is 14.2. The molecule has 0 bridgehead atoms. The van der Waals surface area contributed by atoms with Gasteiger partial charge in [0.15, 0.2) is 11.6 Å². The first-order chi connectivity index (χ1) is 13.1. The van der Waals surface area contributed by atoms with E-state index in [2.05, 4.69) is 20.6 Å². The quantitative estimate of drug-likeness (QED) is 0.651. The summed E-state index contributed by atoms with van der Waals surface area (Å²) in [5, 5.41) is 13.8. The number of nitrogens with zero attached hydrogens (tertiary/aromatic N) is 2. The molecule has 7 nitrogen and oxygen atoms in total. The molecule has 0 atom stereocenters. The van der Waals surface area contributed by atoms with Crippen LogP contribution in [-0.4, -0.2) is 34.3 Å². The number of aliphatic carboxylic acids is 1. The number of hydrogen-bond donors (Lipinski definition) is 3. The number of aromatic nitrogens is 2. The molecule has 0 spiro atoms. The van der Waals surface area contributed by atoms with E-state index in [1.54, 1.807) is 6.07 Å². The van der Waals surface area contributed by atoms with Crippen molar-refractivity contribution in [3.63, 3.8) is 0 Å². The highest BCUT2D eigenvalue weighted by Crippen LogP contribution is 2.28. The van der Waals surface area contributed by atoms with Crippen molar-refractivity contribution in [2.45, 2.75) is 25.8 Å². The number of carbonyl (C=O) groups is 1. The number of alkyl halides is 3. The standard InChI is InChI=1S/C14H14ClFN4O.C2HF3O2/c1-21-12-3-2-10(15)8(13(12)16)5-18-14-9-4-17-6-11(9)19-7-20-14;3-2(4,5)1(6)7/h2-3,7,17H,4-6H2,1H3,(H,18,19,20);(H,6,7). The molecule has 0 fully saturated rings. The minimum Gasteiger partial charge on any atom is -0.494 e. The molecule has 28 heavy (non-hydrogen) atoms. The lowest BCUT2D eigenvalue weighted by Gasteiger charge is -2.12. The number of benzene rings is 1. The molecule has 0 amide bonds. The van der Waals surface area contributed by atoms with Gasteiger partial charge in [-0.1, -0.05) is 11.6 Å². The number of nitrogens with one attached hydrogen (secondary N) is 2. The van der Waals surface area contributed by atoms with E-state index in [1.165, 1.54) is 19.5 Å². The summed E-state index contributed by atoms with van der Waals surface area (Å²) in [7, 11) is 1.42. The van der Waals surface area contributed by atoms with Crippen LogP contribution in [0.1, 0.15) is 16.8 Å². The van der Waals surface area contributed by atoms with Crippen LogP contribution in [0.25, 0.3) is 0 Å². The lowest BCUT2D eigenvalue weighted by Crippen LogP contribution is -2.21. The largest absolute Gasteiger partial charge is 0.494 e. The first-order valence-electron chi connectivity index (χ1n) is 7.73. The Balaban J connectivity index is 0.000000345. The lowest BCUT2D eigenvalue weighted by atomic mass is 10.2. The Morgan fingerprint density at radius 2 is 2.04 bits per heavy atom. The smallest absolute Gasteiger partial charge is 0.490 e. The maximum Gasteiger partial charge on any atom is 0.490 e. The number of ether oxygens (including phenoxy) is 1. The third-order valence-corrected chi connectivity index (χ3v) is 4.03. The summed E-state index contributed by atoms with van der Waals surface area (Å²) in [4.78, 5) is 17.3. The van der Waals surface area contributed by atoms with Gasteiger partial charge in [0.25, 0.3) is 0 Å². The highest BCUT2D eigenvalue weighted by molar-refractivity contribution is 6.31. The van der Waals surface area contributed by atoms with Crippen LogP contribution in [0, 0.1) is 5.82 Å². The molecule has 3 N–H and O–H groups in total. The second kappa shape index (κ2) is 9.02. The van der Waals surface area contributed by atoms with Crippen molar-refractivity contribution in [3.8, 4) is 5.75 Å². The molecule has 2 aromatic rings. The normalized spacial score (nSPS) is 12.6. The molecule has 3 rings (SSSR count). The summed E-state index contributed by atoms with van der Waals surface area (Å²) in [5.41, 5.74) is 2.33. The van der Waals surface area contributed by atoms with Crippen LogP contribution in [-0.2, 0) is 24.4 Å². The van der Waals surface area contributed by atoms with Gasteiger partial charge in [-0.3, -0.25) is 0 Å². The number of fused-ring (bicyclic) bond motifs is 1. The molecular weight excluding hydrogens is 408 g/mol. The van der Waals surface area contributed by atoms with Crippen molar-refractivity contribution in [2.24, 2.45) is 0 Å². The van der Waals surface area contributed by atoms with Crippen LogP contribution in [0.5, 0.6) is 5.75 Å². The van der Waals surface area contributed by atoms with E-state index in [0.29, 0.717) is 22.9 Å². The second-order valence-electron chi connectivity index (χ2n) is 5.45. The van der Waals surface area contributed by atoms with Crippen molar-refractivity contribution in [3.05, 3.63) is 46.1 Å². The Bertz CT molecular complexity index is 865. The third-order valence-electron chi connectivity index (χ3n) is 3.67. The number of anilines is 1. The predicted molar refractivity (Wildman–Crippen MR) is 91.6 cm³/mol. The van der Waals surface area contributed by atoms with E-state index in [0.717, 1.165) is 17.8 Å². The summed E-state index contributed by atoms with van der Waals surface area (Å²) in [6, 6.07) is 3.12. The molecule has 1 aromatic heterocycles. The first-order valence-corrected chi connectivity index (χ1v) is 8.11. The first kappa shape index (κ1) is 21.6. The minimum atomic E-state index is -5.08. The molecule has 152 valence electrons. The van der Waals surface area contributed by atoms with Gasteiger partial charge in [0.2, 0.25) is 0 Å². The van der Waals surface area contributed by atoms with Gasteiger partial charge in [-0.05, 0) is 12.1 Å². The van der Waals surface area contributed by atoms with Crippen LogP contribution in [0.15, 0.2) is 18.5 Å². The molecular formula is C16H15ClF4N4O3. The van der Waals surface area contributed by atoms with Gasteiger partial charge in [0.1, 0.15) is 12.1 Å². The van der Waals surface area contributed by atoms with Gasteiger partial charge >= 0.3 is 12.1 Å². The molecule has 1 aliphatic heterocycles. The van der Waals surface area contributed by atoms with E-state index < -0.39 is 18.0 Å². The number of carboxylic acid groups (broad SMARTS) is 1. The second-order valence-corrected chi connectivity index (χ2v) is 5.86. The molecule has 0 radical (unpaired) electrons. The van der Waals surface area contributed by atoms with Gasteiger partial charge in [0.05, 0.1) is 12.8 Å². The molecule has 2 heterocycles. The number of rotatable bonds is 4. The molecule has 1 aromatic carbocycles. The van der Waals surface area contributed by atoms with Crippen molar-refractivity contribution in [1.82, 2.24) is 15.3 Å². The zero-order valence-electron chi connectivity index (χ0n) is 14.4. The maximum absolute atomic E-state index is 14.2. The van der Waals surface area contributed by atoms with Crippen LogP contribution in [0.3, 0.4) is 0 Å². The highest BCUT2D eigenvalue weighted by Gasteiger charge is 2.38. The van der Waals surface area contributed by atoms with Crippen molar-refractivity contribution in [1.29, 1.82) is 0 Å². The van der Waals surface area contributed by atoms with E-state index in [9.17, 15) is 17.6 Å². The lowest BCUT2D eigenvalue weighted by molar-refractivity contribution is -0.192. The summed E-state index contributed by atoms with van der Waals surface area (Å²) in [6.45, 7) is 1.65. The van der Waals surface area contributed by atoms with Gasteiger partial charge < -0.3 is 20.5 Å². The van der Waals surface area contributed by atoms with Gasteiger partial charge in [-0.25, -0.2) is 19.2 Å². The molecule has 1 aliphatic rings. The third kappa shape index (κ3) is 5.20. The van der Waals surface area contributed by atoms with Gasteiger partial charge in [0, 0.05) is 35.8 Å². The Morgan fingerprint density at radius 1 is 1.36 bits per heavy atom. The Hall–Kier alpha value is -2.66. The molecule has 12 heteroatoms. The zero-order valence-corrected chi connectivity index (χ0v) is 15.2. The predicted octanol–water partition coefficient (Wildman–Crippen LogP) is 3.13. The monoisotopic (exact) mass is 422 g/mol. The summed E-state index contributed by atoms with van der Waals surface area (Å²) >= 11 is 6.06. The van der Waals surface area contributed by atoms with E-state index in [4.69, 9.17) is 26.2 Å². The van der Waals surface area contributed by atoms with Crippen LogP contribution in [0.4, 0.5) is 23.4 Å². The molecule has 0 unspecified atom stereocenters. The fraction of sp³-hybridized carbons (Fsp3) is 0.312. The average Bonchev–Trinajstić information content (AvgIpc) is 3.11. The van der Waals surface area contributed by atoms with Crippen LogP contribution < -0.4 is 15.4 Å². The average molecular weight is 423 g/mol. The number of hydrogen-bond acceptors (Lipinski definition) is 6. The summed E-state index contributed by atoms with van der Waals surface area (Å²) < 4.78 is 50.9. The topological polar surface area (TPSA) is 96.4 Å². The molecule has 0 aliphatic carbocycles. The van der Waals surface area contributed by atoms with Crippen molar-refractivity contribution in [2.75, 3.05) is 12.4 Å². The van der Waals surface area contributed by atoms with E-state index in [1.807, 2.05) is 0 Å². The molecule has 0 saturated carbocycles. The number of halogens is 5. The SMILES string of the molecule is COc1ccc(Cl)c(CNc2ncnc3c2CNC3)c1F.O=C(O)C(F)(F)F. The Kier molecular flexibility index (Phi) is 6.97. The van der Waals surface area contributed by atoms with Gasteiger partial charge in [-0.2, -0.15) is 13.2 Å². The molecule has 0 saturated heterocycles. The van der Waals surface area contributed by atoms with Crippen molar-refractivity contribution >= 4 is 23.4 Å². The van der Waals surface area contributed by atoms with Crippen molar-refractivity contribution < 1.29 is 32.2 Å². The number of carboxylic acids is 1. The highest BCUT2D eigenvalue weighted by atomic mass is 35.5. The van der Waals surface area contributed by atoms with E-state index >= 15 is 0 Å². The number of methoxy groups -OCH3 is 1. The zero-order chi connectivity index (χ0) is 20.9. The van der Waals surface area contributed by atoms with Gasteiger partial charge in [-0.15, -0.1) is 0 Å². The Labute approximate surface area is 161 Å². The summed E-state index contributed by atoms with van der Waals surface area (Å²) in [5.74, 6) is -2.34.